The molecule has 1 unspecified atom stereocenters. The predicted molar refractivity (Wildman–Crippen MR) is 105 cm³/mol. The first-order chi connectivity index (χ1) is 13.9. The molecule has 0 spiro atoms. The van der Waals surface area contributed by atoms with Crippen LogP contribution in [0.5, 0.6) is 0 Å². The van der Waals surface area contributed by atoms with Gasteiger partial charge in [0.2, 0.25) is 0 Å². The lowest BCUT2D eigenvalue weighted by Gasteiger charge is -2.27. The maximum Gasteiger partial charge on any atom is 0.255 e. The third kappa shape index (κ3) is 4.16. The fraction of sp³-hybridized carbons (Fsp3) is 0.0526. The summed E-state index contributed by atoms with van der Waals surface area (Å²) in [5, 5.41) is 6.04. The van der Waals surface area contributed by atoms with Gasteiger partial charge in [-0.25, -0.2) is 22.9 Å². The van der Waals surface area contributed by atoms with E-state index in [0.717, 1.165) is 28.3 Å². The quantitative estimate of drug-likeness (QED) is 0.302. The van der Waals surface area contributed by atoms with Gasteiger partial charge in [-0.2, -0.15) is 0 Å². The van der Waals surface area contributed by atoms with E-state index >= 15 is 0 Å². The maximum atomic E-state index is 13.3. The monoisotopic (exact) mass is 436 g/mol. The molecule has 1 amide bonds. The Bertz CT molecular complexity index is 1070. The van der Waals surface area contributed by atoms with Crippen LogP contribution < -0.4 is 15.4 Å². The van der Waals surface area contributed by atoms with Crippen molar-refractivity contribution in [2.45, 2.75) is 11.1 Å². The fourth-order valence-corrected chi connectivity index (χ4v) is 3.69. The zero-order valence-corrected chi connectivity index (χ0v) is 16.0. The minimum atomic E-state index is -1.59. The Hall–Kier alpha value is -2.75. The number of carbonyl (C=O) groups is 1. The van der Waals surface area contributed by atoms with E-state index in [2.05, 4.69) is 20.3 Å². The standard InChI is InChI=1S/C19H12ClF3N4OS/c20-16-4-2-10(8-24-16)18-26-14-3-1-9(5-15(14)29-27-18)19(28)25-11-6-12(21)17(23)13(22)7-11/h1-8,18,26-27H,(H,25,28). The van der Waals surface area contributed by atoms with Gasteiger partial charge in [-0.15, -0.1) is 0 Å². The van der Waals surface area contributed by atoms with E-state index in [1.807, 2.05) is 6.07 Å². The van der Waals surface area contributed by atoms with Crippen LogP contribution in [-0.2, 0) is 0 Å². The number of fused-ring (bicyclic) bond motifs is 1. The highest BCUT2D eigenvalue weighted by molar-refractivity contribution is 7.97. The molecule has 0 aliphatic carbocycles. The average Bonchev–Trinajstić information content (AvgIpc) is 2.71. The molecule has 29 heavy (non-hydrogen) atoms. The number of carbonyl (C=O) groups excluding carboxylic acids is 1. The second kappa shape index (κ2) is 7.94. The third-order valence-corrected chi connectivity index (χ3v) is 5.29. The molecule has 3 aromatic rings. The normalized spacial score (nSPS) is 15.4. The van der Waals surface area contributed by atoms with E-state index < -0.39 is 23.4 Å². The SMILES string of the molecule is O=C(Nc1cc(F)c(F)c(F)c1)c1ccc2c(c1)SNC(c1ccc(Cl)nc1)N2. The van der Waals surface area contributed by atoms with Crippen molar-refractivity contribution in [3.8, 4) is 0 Å². The number of nitrogens with one attached hydrogen (secondary N) is 3. The molecular weight excluding hydrogens is 425 g/mol. The Morgan fingerprint density at radius 1 is 1.10 bits per heavy atom. The number of pyridine rings is 1. The number of benzene rings is 2. The van der Waals surface area contributed by atoms with Crippen LogP contribution in [0.4, 0.5) is 24.5 Å². The van der Waals surface area contributed by atoms with Gasteiger partial charge in [0, 0.05) is 40.0 Å². The summed E-state index contributed by atoms with van der Waals surface area (Å²) in [6.07, 6.45) is 1.45. The number of amides is 1. The molecule has 0 fully saturated rings. The van der Waals surface area contributed by atoms with Gasteiger partial charge < -0.3 is 10.6 Å². The van der Waals surface area contributed by atoms with Gasteiger partial charge >= 0.3 is 0 Å². The number of hydrogen-bond acceptors (Lipinski definition) is 5. The molecular formula is C19H12ClF3N4OS. The first-order valence-corrected chi connectivity index (χ1v) is 9.50. The Labute approximate surface area is 172 Å². The van der Waals surface area contributed by atoms with Gasteiger partial charge in [-0.05, 0) is 36.2 Å². The van der Waals surface area contributed by atoms with Crippen LogP contribution in [0, 0.1) is 17.5 Å². The molecule has 1 aromatic heterocycles. The molecule has 1 aliphatic heterocycles. The van der Waals surface area contributed by atoms with Crippen molar-refractivity contribution in [3.05, 3.63) is 82.4 Å². The summed E-state index contributed by atoms with van der Waals surface area (Å²) in [4.78, 5) is 17.2. The van der Waals surface area contributed by atoms with Crippen LogP contribution in [0.15, 0.2) is 53.6 Å². The summed E-state index contributed by atoms with van der Waals surface area (Å²) in [6, 6.07) is 9.89. The molecule has 0 radical (unpaired) electrons. The number of hydrogen-bond donors (Lipinski definition) is 3. The van der Waals surface area contributed by atoms with Crippen LogP contribution in [0.1, 0.15) is 22.1 Å². The topological polar surface area (TPSA) is 66.0 Å². The zero-order chi connectivity index (χ0) is 20.5. The van der Waals surface area contributed by atoms with Crippen molar-refractivity contribution in [3.63, 3.8) is 0 Å². The molecule has 1 atom stereocenters. The van der Waals surface area contributed by atoms with Gasteiger partial charge in [-0.3, -0.25) is 4.79 Å². The van der Waals surface area contributed by atoms with Gasteiger partial charge in [0.15, 0.2) is 17.5 Å². The number of halogens is 4. The zero-order valence-electron chi connectivity index (χ0n) is 14.5. The third-order valence-electron chi connectivity index (χ3n) is 4.16. The number of anilines is 2. The van der Waals surface area contributed by atoms with Crippen molar-refractivity contribution >= 4 is 40.8 Å². The van der Waals surface area contributed by atoms with E-state index in [1.54, 1.807) is 30.5 Å². The number of aromatic nitrogens is 1. The van der Waals surface area contributed by atoms with E-state index in [0.29, 0.717) is 5.15 Å². The maximum absolute atomic E-state index is 13.3. The molecule has 0 saturated carbocycles. The summed E-state index contributed by atoms with van der Waals surface area (Å²) < 4.78 is 42.9. The molecule has 3 N–H and O–H groups in total. The lowest BCUT2D eigenvalue weighted by atomic mass is 10.1. The lowest BCUT2D eigenvalue weighted by molar-refractivity contribution is 0.102. The summed E-state index contributed by atoms with van der Waals surface area (Å²) in [5.41, 5.74) is 1.78. The molecule has 1 aliphatic rings. The van der Waals surface area contributed by atoms with Gasteiger partial charge in [0.25, 0.3) is 5.91 Å². The predicted octanol–water partition coefficient (Wildman–Crippen LogP) is 5.13. The summed E-state index contributed by atoms with van der Waals surface area (Å²) >= 11 is 7.12. The second-order valence-electron chi connectivity index (χ2n) is 6.13. The molecule has 10 heteroatoms. The van der Waals surface area contributed by atoms with Crippen LogP contribution in [-0.4, -0.2) is 10.9 Å². The van der Waals surface area contributed by atoms with Crippen LogP contribution in [0.25, 0.3) is 0 Å². The van der Waals surface area contributed by atoms with E-state index in [1.165, 1.54) is 11.9 Å². The highest BCUT2D eigenvalue weighted by atomic mass is 35.5. The van der Waals surface area contributed by atoms with Crippen LogP contribution >= 0.6 is 23.5 Å². The van der Waals surface area contributed by atoms with Crippen molar-refractivity contribution in [1.29, 1.82) is 0 Å². The summed E-state index contributed by atoms with van der Waals surface area (Å²) in [7, 11) is 0. The molecule has 0 saturated heterocycles. The fourth-order valence-electron chi connectivity index (χ4n) is 2.71. The average molecular weight is 437 g/mol. The first-order valence-electron chi connectivity index (χ1n) is 8.31. The summed E-state index contributed by atoms with van der Waals surface area (Å²) in [6.45, 7) is 0. The van der Waals surface area contributed by atoms with Crippen LogP contribution in [0.3, 0.4) is 0 Å². The molecule has 2 aromatic carbocycles. The largest absolute Gasteiger partial charge is 0.364 e. The molecule has 0 bridgehead atoms. The summed E-state index contributed by atoms with van der Waals surface area (Å²) in [5.74, 6) is -4.92. The smallest absolute Gasteiger partial charge is 0.255 e. The second-order valence-corrected chi connectivity index (χ2v) is 7.40. The Morgan fingerprint density at radius 3 is 2.55 bits per heavy atom. The van der Waals surface area contributed by atoms with Crippen molar-refractivity contribution in [2.24, 2.45) is 0 Å². The van der Waals surface area contributed by atoms with E-state index in [-0.39, 0.29) is 17.4 Å². The number of rotatable bonds is 3. The Morgan fingerprint density at radius 2 is 1.86 bits per heavy atom. The number of nitrogens with zero attached hydrogens (tertiary/aromatic N) is 1. The Balaban J connectivity index is 1.50. The molecule has 148 valence electrons. The molecule has 4 rings (SSSR count). The van der Waals surface area contributed by atoms with Gasteiger partial charge in [0.05, 0.1) is 5.69 Å². The first kappa shape index (κ1) is 19.6. The molecule has 2 heterocycles. The van der Waals surface area contributed by atoms with Crippen molar-refractivity contribution in [1.82, 2.24) is 9.71 Å². The van der Waals surface area contributed by atoms with Crippen LogP contribution in [0.2, 0.25) is 5.15 Å². The van der Waals surface area contributed by atoms with E-state index in [9.17, 15) is 18.0 Å². The van der Waals surface area contributed by atoms with E-state index in [4.69, 9.17) is 11.6 Å². The molecule has 5 nitrogen and oxygen atoms in total. The lowest BCUT2D eigenvalue weighted by Crippen LogP contribution is -2.27. The van der Waals surface area contributed by atoms with Crippen molar-refractivity contribution < 1.29 is 18.0 Å². The van der Waals surface area contributed by atoms with Crippen molar-refractivity contribution in [2.75, 3.05) is 10.6 Å². The highest BCUT2D eigenvalue weighted by Crippen LogP contribution is 2.35. The Kier molecular flexibility index (Phi) is 5.35. The van der Waals surface area contributed by atoms with Gasteiger partial charge in [0.1, 0.15) is 11.3 Å². The minimum absolute atomic E-state index is 0.177. The van der Waals surface area contributed by atoms with Gasteiger partial charge in [-0.1, -0.05) is 17.7 Å². The highest BCUT2D eigenvalue weighted by Gasteiger charge is 2.21. The minimum Gasteiger partial charge on any atom is -0.364 e.